The van der Waals surface area contributed by atoms with Crippen LogP contribution in [0.2, 0.25) is 0 Å². The summed E-state index contributed by atoms with van der Waals surface area (Å²) in [7, 11) is 0. The Balaban J connectivity index is 1.46. The molecule has 0 amide bonds. The number of aromatic amines is 1. The van der Waals surface area contributed by atoms with Gasteiger partial charge in [0.05, 0.1) is 11.7 Å². The summed E-state index contributed by atoms with van der Waals surface area (Å²) in [5, 5.41) is 15.4. The second-order valence-electron chi connectivity index (χ2n) is 6.98. The number of hydrogen-bond donors (Lipinski definition) is 4. The number of nitrogen functional groups attached to an aromatic ring is 1. The Morgan fingerprint density at radius 3 is 2.93 bits per heavy atom. The van der Waals surface area contributed by atoms with Crippen LogP contribution in [0.25, 0.3) is 21.8 Å². The molecule has 0 radical (unpaired) electrons. The summed E-state index contributed by atoms with van der Waals surface area (Å²) in [6.45, 7) is 1.96. The Labute approximate surface area is 161 Å². The van der Waals surface area contributed by atoms with Gasteiger partial charge in [0, 0.05) is 28.3 Å². The first-order valence-electron chi connectivity index (χ1n) is 9.39. The van der Waals surface area contributed by atoms with E-state index < -0.39 is 0 Å². The van der Waals surface area contributed by atoms with E-state index in [1.807, 2.05) is 30.3 Å². The zero-order valence-corrected chi connectivity index (χ0v) is 15.3. The molecule has 0 atom stereocenters. The number of nitrogens with one attached hydrogen (secondary N) is 3. The van der Waals surface area contributed by atoms with Crippen LogP contribution >= 0.6 is 0 Å². The zero-order chi connectivity index (χ0) is 18.9. The molecule has 142 valence electrons. The quantitative estimate of drug-likeness (QED) is 0.406. The Kier molecular flexibility index (Phi) is 4.17. The molecule has 0 saturated carbocycles. The Bertz CT molecular complexity index is 1130. The van der Waals surface area contributed by atoms with Crippen molar-refractivity contribution in [2.24, 2.45) is 0 Å². The molecule has 0 bridgehead atoms. The molecule has 2 aromatic heterocycles. The van der Waals surface area contributed by atoms with Crippen molar-refractivity contribution in [3.8, 4) is 5.75 Å². The van der Waals surface area contributed by atoms with Crippen molar-refractivity contribution in [1.29, 1.82) is 0 Å². The minimum absolute atomic E-state index is 0.209. The molecular weight excluding hydrogens is 354 g/mol. The van der Waals surface area contributed by atoms with Crippen molar-refractivity contribution in [3.05, 3.63) is 42.7 Å². The summed E-state index contributed by atoms with van der Waals surface area (Å²) < 4.78 is 6.25. The van der Waals surface area contributed by atoms with E-state index in [-0.39, 0.29) is 6.10 Å². The van der Waals surface area contributed by atoms with E-state index in [1.165, 1.54) is 0 Å². The minimum Gasteiger partial charge on any atom is -0.488 e. The van der Waals surface area contributed by atoms with Crippen LogP contribution in [0.3, 0.4) is 0 Å². The van der Waals surface area contributed by atoms with Gasteiger partial charge in [-0.3, -0.25) is 5.10 Å². The Morgan fingerprint density at radius 1 is 1.14 bits per heavy atom. The third-order valence-corrected chi connectivity index (χ3v) is 5.00. The molecule has 2 aromatic carbocycles. The molecule has 8 heteroatoms. The number of piperidine rings is 1. The number of para-hydroxylation sites is 1. The third-order valence-electron chi connectivity index (χ3n) is 5.00. The predicted octanol–water partition coefficient (Wildman–Crippen LogP) is 2.96. The highest BCUT2D eigenvalue weighted by Gasteiger charge is 2.16. The highest BCUT2D eigenvalue weighted by Crippen LogP contribution is 2.29. The second kappa shape index (κ2) is 6.97. The molecule has 5 rings (SSSR count). The van der Waals surface area contributed by atoms with Gasteiger partial charge in [-0.2, -0.15) is 5.10 Å². The maximum atomic E-state index is 6.25. The topological polar surface area (TPSA) is 114 Å². The Hall–Kier alpha value is -3.39. The van der Waals surface area contributed by atoms with Crippen LogP contribution in [0, 0.1) is 0 Å². The number of fused-ring (bicyclic) bond motifs is 2. The molecule has 3 heterocycles. The largest absolute Gasteiger partial charge is 0.488 e. The third kappa shape index (κ3) is 3.18. The fourth-order valence-electron chi connectivity index (χ4n) is 3.56. The molecule has 5 N–H and O–H groups in total. The van der Waals surface area contributed by atoms with E-state index in [1.54, 1.807) is 12.4 Å². The molecular formula is C20H21N7O. The van der Waals surface area contributed by atoms with Gasteiger partial charge in [0.1, 0.15) is 17.4 Å². The predicted molar refractivity (Wildman–Crippen MR) is 110 cm³/mol. The number of H-pyrrole nitrogens is 1. The van der Waals surface area contributed by atoms with Gasteiger partial charge in [0.2, 0.25) is 5.95 Å². The smallest absolute Gasteiger partial charge is 0.227 e. The summed E-state index contributed by atoms with van der Waals surface area (Å²) in [5.74, 6) is 1.28. The molecule has 1 aliphatic heterocycles. The van der Waals surface area contributed by atoms with Crippen molar-refractivity contribution in [3.63, 3.8) is 0 Å². The van der Waals surface area contributed by atoms with Gasteiger partial charge >= 0.3 is 0 Å². The van der Waals surface area contributed by atoms with E-state index in [0.717, 1.165) is 59.2 Å². The number of nitrogens with two attached hydrogens (primary N) is 1. The van der Waals surface area contributed by atoms with E-state index in [4.69, 9.17) is 15.5 Å². The summed E-state index contributed by atoms with van der Waals surface area (Å²) in [4.78, 5) is 9.14. The van der Waals surface area contributed by atoms with Crippen LogP contribution in [0.1, 0.15) is 12.8 Å². The van der Waals surface area contributed by atoms with Crippen LogP contribution in [-0.2, 0) is 0 Å². The minimum atomic E-state index is 0.209. The normalized spacial score (nSPS) is 15.1. The van der Waals surface area contributed by atoms with Gasteiger partial charge in [-0.1, -0.05) is 12.1 Å². The van der Waals surface area contributed by atoms with Gasteiger partial charge in [-0.15, -0.1) is 0 Å². The molecule has 1 saturated heterocycles. The van der Waals surface area contributed by atoms with Crippen LogP contribution in [0.4, 0.5) is 17.3 Å². The monoisotopic (exact) mass is 375 g/mol. The number of benzene rings is 2. The standard InChI is InChI=1S/C20H21N7O/c21-16-8-13(9-17-15(16)11-24-27-17)25-20-23-10-12-2-1-3-18(19(12)26-20)28-14-4-6-22-7-5-14/h1-3,8-11,14,22H,4-7,21H2,(H,24,27)(H,23,25,26). The molecule has 1 fully saturated rings. The second-order valence-corrected chi connectivity index (χ2v) is 6.98. The molecule has 0 spiro atoms. The molecule has 8 nitrogen and oxygen atoms in total. The van der Waals surface area contributed by atoms with Crippen LogP contribution in [-0.4, -0.2) is 39.4 Å². The molecule has 28 heavy (non-hydrogen) atoms. The number of hydrogen-bond acceptors (Lipinski definition) is 7. The maximum absolute atomic E-state index is 6.25. The zero-order valence-electron chi connectivity index (χ0n) is 15.3. The van der Waals surface area contributed by atoms with Gasteiger partial charge < -0.3 is 21.1 Å². The van der Waals surface area contributed by atoms with E-state index in [2.05, 4.69) is 25.8 Å². The highest BCUT2D eigenvalue weighted by molar-refractivity contribution is 5.93. The lowest BCUT2D eigenvalue weighted by Crippen LogP contribution is -2.34. The average molecular weight is 375 g/mol. The van der Waals surface area contributed by atoms with E-state index in [9.17, 15) is 0 Å². The number of ether oxygens (including phenoxy) is 1. The number of nitrogens with zero attached hydrogens (tertiary/aromatic N) is 3. The van der Waals surface area contributed by atoms with Crippen LogP contribution in [0.15, 0.2) is 42.7 Å². The van der Waals surface area contributed by atoms with Gasteiger partial charge in [-0.25, -0.2) is 9.97 Å². The van der Waals surface area contributed by atoms with Crippen LogP contribution < -0.4 is 21.1 Å². The molecule has 0 unspecified atom stereocenters. The fraction of sp³-hybridized carbons (Fsp3) is 0.250. The molecule has 4 aromatic rings. The lowest BCUT2D eigenvalue weighted by Gasteiger charge is -2.24. The lowest BCUT2D eigenvalue weighted by molar-refractivity contribution is 0.164. The van der Waals surface area contributed by atoms with E-state index in [0.29, 0.717) is 11.6 Å². The van der Waals surface area contributed by atoms with Gasteiger partial charge in [0.15, 0.2) is 0 Å². The van der Waals surface area contributed by atoms with Crippen molar-refractivity contribution < 1.29 is 4.74 Å². The highest BCUT2D eigenvalue weighted by atomic mass is 16.5. The first-order valence-corrected chi connectivity index (χ1v) is 9.39. The number of anilines is 3. The molecule has 0 aliphatic carbocycles. The SMILES string of the molecule is Nc1cc(Nc2ncc3cccc(OC4CCNCC4)c3n2)cc2[nH]ncc12. The Morgan fingerprint density at radius 2 is 2.04 bits per heavy atom. The fourth-order valence-corrected chi connectivity index (χ4v) is 3.56. The van der Waals surface area contributed by atoms with Crippen molar-refractivity contribution in [2.75, 3.05) is 24.1 Å². The first kappa shape index (κ1) is 16.8. The summed E-state index contributed by atoms with van der Waals surface area (Å²) >= 11 is 0. The first-order chi connectivity index (χ1) is 13.8. The maximum Gasteiger partial charge on any atom is 0.227 e. The number of rotatable bonds is 4. The van der Waals surface area contributed by atoms with E-state index >= 15 is 0 Å². The average Bonchev–Trinajstić information content (AvgIpc) is 3.18. The van der Waals surface area contributed by atoms with Crippen LogP contribution in [0.5, 0.6) is 5.75 Å². The lowest BCUT2D eigenvalue weighted by atomic mass is 10.1. The number of aromatic nitrogens is 4. The molecule has 1 aliphatic rings. The summed E-state index contributed by atoms with van der Waals surface area (Å²) in [5.41, 5.74) is 9.21. The van der Waals surface area contributed by atoms with Gasteiger partial charge in [-0.05, 0) is 44.1 Å². The van der Waals surface area contributed by atoms with Crippen molar-refractivity contribution in [1.82, 2.24) is 25.5 Å². The summed E-state index contributed by atoms with van der Waals surface area (Å²) in [6.07, 6.45) is 5.72. The summed E-state index contributed by atoms with van der Waals surface area (Å²) in [6, 6.07) is 9.72. The van der Waals surface area contributed by atoms with Gasteiger partial charge in [0.25, 0.3) is 0 Å². The van der Waals surface area contributed by atoms with Crippen molar-refractivity contribution in [2.45, 2.75) is 18.9 Å². The van der Waals surface area contributed by atoms with Crippen molar-refractivity contribution >= 4 is 39.1 Å².